The third-order valence-electron chi connectivity index (χ3n) is 7.09. The molecule has 1 aliphatic heterocycles. The molecule has 4 aromatic carbocycles. The zero-order chi connectivity index (χ0) is 28.5. The van der Waals surface area contributed by atoms with Crippen molar-refractivity contribution >= 4 is 21.6 Å². The molecule has 1 aliphatic rings. The van der Waals surface area contributed by atoms with Gasteiger partial charge in [0.05, 0.1) is 10.6 Å². The van der Waals surface area contributed by atoms with Crippen molar-refractivity contribution in [1.82, 2.24) is 10.2 Å². The first-order valence-corrected chi connectivity index (χ1v) is 15.4. The van der Waals surface area contributed by atoms with Gasteiger partial charge in [-0.1, -0.05) is 67.1 Å². The fourth-order valence-corrected chi connectivity index (χ4v) is 6.31. The number of amides is 1. The van der Waals surface area contributed by atoms with Crippen LogP contribution in [0.3, 0.4) is 0 Å². The Morgan fingerprint density at radius 3 is 1.98 bits per heavy atom. The summed E-state index contributed by atoms with van der Waals surface area (Å²) in [6.07, 6.45) is 3.83. The molecule has 0 bridgehead atoms. The van der Waals surface area contributed by atoms with Crippen molar-refractivity contribution in [2.75, 3.05) is 23.9 Å². The average molecular weight is 570 g/mol. The molecule has 8 heteroatoms. The zero-order valence-corrected chi connectivity index (χ0v) is 23.8. The number of ether oxygens (including phenoxy) is 1. The quantitative estimate of drug-likeness (QED) is 0.241. The summed E-state index contributed by atoms with van der Waals surface area (Å²) >= 11 is 0. The van der Waals surface area contributed by atoms with Crippen LogP contribution in [0.5, 0.6) is 11.5 Å². The summed E-state index contributed by atoms with van der Waals surface area (Å²) in [6.45, 7) is 3.18. The molecule has 0 spiro atoms. The molecule has 1 fully saturated rings. The maximum atomic E-state index is 13.6. The van der Waals surface area contributed by atoms with Gasteiger partial charge < -0.3 is 10.1 Å². The van der Waals surface area contributed by atoms with Crippen molar-refractivity contribution in [2.24, 2.45) is 0 Å². The number of nitrogens with one attached hydrogen (secondary N) is 1. The second-order valence-corrected chi connectivity index (χ2v) is 12.0. The number of nitrogens with zero attached hydrogens (tertiary/aromatic N) is 2. The number of piperidine rings is 1. The number of hydrogen-bond acceptors (Lipinski definition) is 5. The Hall–Kier alpha value is -4.14. The largest absolute Gasteiger partial charge is 0.457 e. The smallest absolute Gasteiger partial charge is 0.264 e. The fourth-order valence-electron chi connectivity index (χ4n) is 4.87. The lowest BCUT2D eigenvalue weighted by molar-refractivity contribution is -0.119. The summed E-state index contributed by atoms with van der Waals surface area (Å²) in [5, 5.41) is 2.89. The maximum absolute atomic E-state index is 13.6. The second-order valence-electron chi connectivity index (χ2n) is 10.2. The van der Waals surface area contributed by atoms with Gasteiger partial charge in [-0.2, -0.15) is 0 Å². The van der Waals surface area contributed by atoms with E-state index in [1.165, 1.54) is 37.0 Å². The van der Waals surface area contributed by atoms with Crippen LogP contribution in [-0.4, -0.2) is 38.9 Å². The number of carbonyl (C=O) groups is 1. The molecule has 0 radical (unpaired) electrons. The van der Waals surface area contributed by atoms with E-state index in [1.807, 2.05) is 42.5 Å². The first-order valence-electron chi connectivity index (χ1n) is 13.9. The molecule has 4 aromatic rings. The van der Waals surface area contributed by atoms with E-state index < -0.39 is 15.9 Å². The van der Waals surface area contributed by atoms with Crippen molar-refractivity contribution in [3.63, 3.8) is 0 Å². The van der Waals surface area contributed by atoms with Crippen molar-refractivity contribution < 1.29 is 17.9 Å². The van der Waals surface area contributed by atoms with E-state index in [-0.39, 0.29) is 11.4 Å². The highest BCUT2D eigenvalue weighted by atomic mass is 32.2. The highest BCUT2D eigenvalue weighted by Crippen LogP contribution is 2.28. The van der Waals surface area contributed by atoms with Crippen LogP contribution in [0.25, 0.3) is 0 Å². The fraction of sp³-hybridized carbons (Fsp3) is 0.242. The van der Waals surface area contributed by atoms with E-state index in [0.717, 1.165) is 29.5 Å². The molecular weight excluding hydrogens is 534 g/mol. The van der Waals surface area contributed by atoms with Crippen LogP contribution < -0.4 is 14.4 Å². The van der Waals surface area contributed by atoms with Gasteiger partial charge in [0.25, 0.3) is 10.0 Å². The molecule has 5 rings (SSSR count). The van der Waals surface area contributed by atoms with Crippen LogP contribution >= 0.6 is 0 Å². The lowest BCUT2D eigenvalue weighted by Crippen LogP contribution is -2.40. The van der Waals surface area contributed by atoms with Gasteiger partial charge in [0.15, 0.2) is 0 Å². The van der Waals surface area contributed by atoms with Gasteiger partial charge in [-0.15, -0.1) is 0 Å². The Morgan fingerprint density at radius 2 is 1.32 bits per heavy atom. The molecule has 0 unspecified atom stereocenters. The summed E-state index contributed by atoms with van der Waals surface area (Å²) < 4.78 is 34.2. The van der Waals surface area contributed by atoms with Gasteiger partial charge in [0.2, 0.25) is 5.91 Å². The lowest BCUT2D eigenvalue weighted by Gasteiger charge is -2.26. The van der Waals surface area contributed by atoms with Gasteiger partial charge in [-0.3, -0.25) is 14.0 Å². The molecule has 212 valence electrons. The number of sulfonamides is 1. The maximum Gasteiger partial charge on any atom is 0.264 e. The van der Waals surface area contributed by atoms with Crippen LogP contribution in [0.2, 0.25) is 0 Å². The Bertz CT molecular complexity index is 1500. The summed E-state index contributed by atoms with van der Waals surface area (Å²) in [5.41, 5.74) is 2.58. The van der Waals surface area contributed by atoms with E-state index in [0.29, 0.717) is 23.7 Å². The summed E-state index contributed by atoms with van der Waals surface area (Å²) in [6, 6.07) is 32.4. The van der Waals surface area contributed by atoms with Crippen LogP contribution in [-0.2, 0) is 27.9 Å². The molecule has 1 heterocycles. The normalized spacial score (nSPS) is 13.9. The summed E-state index contributed by atoms with van der Waals surface area (Å²) in [7, 11) is -4.00. The molecule has 0 aliphatic carbocycles. The third kappa shape index (κ3) is 7.74. The van der Waals surface area contributed by atoms with Crippen molar-refractivity contribution in [1.29, 1.82) is 0 Å². The summed E-state index contributed by atoms with van der Waals surface area (Å²) in [4.78, 5) is 15.7. The van der Waals surface area contributed by atoms with E-state index in [1.54, 1.807) is 42.5 Å². The molecule has 1 saturated heterocycles. The van der Waals surface area contributed by atoms with Gasteiger partial charge in [0.1, 0.15) is 18.0 Å². The Labute approximate surface area is 242 Å². The van der Waals surface area contributed by atoms with Gasteiger partial charge in [0, 0.05) is 13.1 Å². The number of para-hydroxylation sites is 1. The molecule has 0 saturated carbocycles. The minimum atomic E-state index is -4.00. The van der Waals surface area contributed by atoms with Crippen molar-refractivity contribution in [3.05, 3.63) is 120 Å². The molecule has 7 nitrogen and oxygen atoms in total. The van der Waals surface area contributed by atoms with E-state index in [2.05, 4.69) is 22.3 Å². The van der Waals surface area contributed by atoms with Gasteiger partial charge >= 0.3 is 0 Å². The monoisotopic (exact) mass is 569 g/mol. The minimum absolute atomic E-state index is 0.113. The Balaban J connectivity index is 1.26. The molecule has 1 N–H and O–H groups in total. The molecule has 0 aromatic heterocycles. The highest BCUT2D eigenvalue weighted by molar-refractivity contribution is 7.92. The highest BCUT2D eigenvalue weighted by Gasteiger charge is 2.27. The molecule has 41 heavy (non-hydrogen) atoms. The number of rotatable bonds is 11. The minimum Gasteiger partial charge on any atom is -0.457 e. The number of anilines is 1. The molecule has 1 amide bonds. The SMILES string of the molecule is O=C(CN(c1ccc(Oc2ccccc2)cc1)S(=O)(=O)c1ccccc1)NCc1ccc(CN2CCCCC2)cc1. The van der Waals surface area contributed by atoms with Gasteiger partial charge in [-0.05, 0) is 85.6 Å². The number of carbonyl (C=O) groups excluding carboxylic acids is 1. The molecular formula is C33H35N3O4S. The van der Waals surface area contributed by atoms with Gasteiger partial charge in [-0.25, -0.2) is 8.42 Å². The van der Waals surface area contributed by atoms with Crippen LogP contribution in [0.15, 0.2) is 114 Å². The van der Waals surface area contributed by atoms with Crippen LogP contribution in [0.4, 0.5) is 5.69 Å². The number of benzene rings is 4. The average Bonchev–Trinajstić information content (AvgIpc) is 3.01. The first kappa shape index (κ1) is 28.4. The van der Waals surface area contributed by atoms with E-state index in [4.69, 9.17) is 4.74 Å². The van der Waals surface area contributed by atoms with Crippen LogP contribution in [0.1, 0.15) is 30.4 Å². The topological polar surface area (TPSA) is 78.9 Å². The lowest BCUT2D eigenvalue weighted by atomic mass is 10.1. The first-order chi connectivity index (χ1) is 20.0. The van der Waals surface area contributed by atoms with Crippen molar-refractivity contribution in [2.45, 2.75) is 37.2 Å². The predicted molar refractivity (Wildman–Crippen MR) is 161 cm³/mol. The number of likely N-dealkylation sites (tertiary alicyclic amines) is 1. The zero-order valence-electron chi connectivity index (χ0n) is 23.0. The number of hydrogen-bond donors (Lipinski definition) is 1. The van der Waals surface area contributed by atoms with E-state index in [9.17, 15) is 13.2 Å². The molecule has 0 atom stereocenters. The van der Waals surface area contributed by atoms with Crippen molar-refractivity contribution in [3.8, 4) is 11.5 Å². The van der Waals surface area contributed by atoms with Crippen LogP contribution in [0, 0.1) is 0 Å². The standard InChI is InChI=1S/C33H35N3O4S/c37-33(34-24-27-14-16-28(17-15-27)25-35-22-8-3-9-23-35)26-36(41(38,39)32-12-6-2-7-13-32)29-18-20-31(21-19-29)40-30-10-4-1-5-11-30/h1-2,4-7,10-21H,3,8-9,22-26H2,(H,34,37). The Morgan fingerprint density at radius 1 is 0.732 bits per heavy atom. The Kier molecular flexibility index (Phi) is 9.33. The second kappa shape index (κ2) is 13.5. The van der Waals surface area contributed by atoms with E-state index >= 15 is 0 Å². The predicted octanol–water partition coefficient (Wildman–Crippen LogP) is 5.98. The summed E-state index contributed by atoms with van der Waals surface area (Å²) in [5.74, 6) is 0.838. The third-order valence-corrected chi connectivity index (χ3v) is 8.88.